The highest BCUT2D eigenvalue weighted by Crippen LogP contribution is 2.23. The molecule has 1 aromatic rings. The summed E-state index contributed by atoms with van der Waals surface area (Å²) in [5.41, 5.74) is 4.17. The molecule has 8 heteroatoms. The van der Waals surface area contributed by atoms with Crippen LogP contribution in [0.3, 0.4) is 0 Å². The van der Waals surface area contributed by atoms with Gasteiger partial charge in [0, 0.05) is 11.8 Å². The lowest BCUT2D eigenvalue weighted by Gasteiger charge is -2.04. The van der Waals surface area contributed by atoms with E-state index in [0.29, 0.717) is 0 Å². The molecule has 0 heterocycles. The molecule has 0 aliphatic carbocycles. The van der Waals surface area contributed by atoms with Gasteiger partial charge in [0.15, 0.2) is 0 Å². The minimum atomic E-state index is -1.39. The molecule has 0 unspecified atom stereocenters. The fourth-order valence-electron chi connectivity index (χ4n) is 1.16. The molecule has 17 heavy (non-hydrogen) atoms. The normalized spacial score (nSPS) is 9.65. The predicted octanol–water partition coefficient (Wildman–Crippen LogP) is 0.190. The Kier molecular flexibility index (Phi) is 3.60. The van der Waals surface area contributed by atoms with Crippen LogP contribution in [-0.2, 0) is 4.79 Å². The molecule has 4 N–H and O–H groups in total. The molecule has 90 valence electrons. The van der Waals surface area contributed by atoms with Gasteiger partial charge in [0.25, 0.3) is 5.69 Å². The SMILES string of the molecule is NC(=O)CNc1ccc(C(=O)O)c([N+](=O)[O-])c1. The van der Waals surface area contributed by atoms with Gasteiger partial charge in [-0.1, -0.05) is 0 Å². The number of nitrogens with two attached hydrogens (primary N) is 1. The van der Waals surface area contributed by atoms with Crippen LogP contribution in [0.15, 0.2) is 18.2 Å². The zero-order valence-electron chi connectivity index (χ0n) is 8.54. The summed E-state index contributed by atoms with van der Waals surface area (Å²) in [5.74, 6) is -2.02. The van der Waals surface area contributed by atoms with Gasteiger partial charge in [0.2, 0.25) is 5.91 Å². The van der Waals surface area contributed by atoms with Crippen molar-refractivity contribution in [3.8, 4) is 0 Å². The number of nitro groups is 1. The monoisotopic (exact) mass is 239 g/mol. The fraction of sp³-hybridized carbons (Fsp3) is 0.111. The lowest BCUT2D eigenvalue weighted by atomic mass is 10.1. The molecule has 0 aliphatic rings. The third-order valence-corrected chi connectivity index (χ3v) is 1.89. The molecule has 0 bridgehead atoms. The van der Waals surface area contributed by atoms with E-state index in [1.165, 1.54) is 6.07 Å². The van der Waals surface area contributed by atoms with Crippen LogP contribution in [-0.4, -0.2) is 28.5 Å². The van der Waals surface area contributed by atoms with E-state index in [9.17, 15) is 19.7 Å². The number of nitrogens with zero attached hydrogens (tertiary/aromatic N) is 1. The predicted molar refractivity (Wildman–Crippen MR) is 57.7 cm³/mol. The van der Waals surface area contributed by atoms with Gasteiger partial charge in [0.1, 0.15) is 5.56 Å². The van der Waals surface area contributed by atoms with E-state index < -0.39 is 28.1 Å². The van der Waals surface area contributed by atoms with Crippen molar-refractivity contribution in [2.24, 2.45) is 5.73 Å². The number of amides is 1. The van der Waals surface area contributed by atoms with Crippen molar-refractivity contribution in [1.29, 1.82) is 0 Å². The number of aromatic carboxylic acids is 1. The van der Waals surface area contributed by atoms with Crippen molar-refractivity contribution in [2.45, 2.75) is 0 Å². The van der Waals surface area contributed by atoms with Crippen LogP contribution < -0.4 is 11.1 Å². The van der Waals surface area contributed by atoms with E-state index in [1.54, 1.807) is 0 Å². The highest BCUT2D eigenvalue weighted by molar-refractivity contribution is 5.93. The van der Waals surface area contributed by atoms with Crippen molar-refractivity contribution in [3.63, 3.8) is 0 Å². The number of anilines is 1. The molecule has 0 aliphatic heterocycles. The highest BCUT2D eigenvalue weighted by Gasteiger charge is 2.19. The molecule has 0 saturated heterocycles. The Labute approximate surface area is 95.2 Å². The first-order chi connectivity index (χ1) is 7.91. The minimum Gasteiger partial charge on any atom is -0.477 e. The van der Waals surface area contributed by atoms with Crippen LogP contribution in [0.25, 0.3) is 0 Å². The molecule has 0 saturated carbocycles. The summed E-state index contributed by atoms with van der Waals surface area (Å²) >= 11 is 0. The standard InChI is InChI=1S/C9H9N3O5/c10-8(13)4-11-5-1-2-6(9(14)15)7(3-5)12(16)17/h1-3,11H,4H2,(H2,10,13)(H,14,15). The number of primary amides is 1. The van der Waals surface area contributed by atoms with E-state index in [1.807, 2.05) is 0 Å². The number of nitrogens with one attached hydrogen (secondary N) is 1. The topological polar surface area (TPSA) is 136 Å². The number of carboxylic acid groups (broad SMARTS) is 1. The average molecular weight is 239 g/mol. The second-order valence-corrected chi connectivity index (χ2v) is 3.11. The van der Waals surface area contributed by atoms with Crippen LogP contribution in [0.1, 0.15) is 10.4 Å². The third kappa shape index (κ3) is 3.16. The van der Waals surface area contributed by atoms with E-state index in [4.69, 9.17) is 10.8 Å². The van der Waals surface area contributed by atoms with Crippen LogP contribution in [0.5, 0.6) is 0 Å². The van der Waals surface area contributed by atoms with Crippen molar-refractivity contribution in [2.75, 3.05) is 11.9 Å². The molecule has 0 spiro atoms. The maximum atomic E-state index is 10.7. The molecule has 0 atom stereocenters. The Morgan fingerprint density at radius 1 is 1.47 bits per heavy atom. The Morgan fingerprint density at radius 2 is 2.12 bits per heavy atom. The average Bonchev–Trinajstić information content (AvgIpc) is 2.25. The first-order valence-corrected chi connectivity index (χ1v) is 4.45. The maximum absolute atomic E-state index is 10.7. The summed E-state index contributed by atoms with van der Waals surface area (Å²) in [6, 6.07) is 3.44. The lowest BCUT2D eigenvalue weighted by molar-refractivity contribution is -0.385. The van der Waals surface area contributed by atoms with Crippen LogP contribution >= 0.6 is 0 Å². The second kappa shape index (κ2) is 4.92. The number of benzene rings is 1. The number of hydrogen-bond acceptors (Lipinski definition) is 5. The van der Waals surface area contributed by atoms with Crippen molar-refractivity contribution in [1.82, 2.24) is 0 Å². The molecule has 1 rings (SSSR count). The maximum Gasteiger partial charge on any atom is 0.342 e. The molecule has 0 fully saturated rings. The Bertz CT molecular complexity index is 486. The van der Waals surface area contributed by atoms with Gasteiger partial charge >= 0.3 is 5.97 Å². The molecule has 0 aromatic heterocycles. The zero-order valence-corrected chi connectivity index (χ0v) is 8.54. The number of carboxylic acids is 1. The van der Waals surface area contributed by atoms with Crippen LogP contribution in [0.2, 0.25) is 0 Å². The number of carbonyl (C=O) groups excluding carboxylic acids is 1. The highest BCUT2D eigenvalue weighted by atomic mass is 16.6. The summed E-state index contributed by atoms with van der Waals surface area (Å²) < 4.78 is 0. The molecule has 0 radical (unpaired) electrons. The van der Waals surface area contributed by atoms with Gasteiger partial charge in [-0.05, 0) is 12.1 Å². The number of nitro benzene ring substituents is 1. The zero-order chi connectivity index (χ0) is 13.0. The van der Waals surface area contributed by atoms with E-state index in [2.05, 4.69) is 5.32 Å². The summed E-state index contributed by atoms with van der Waals surface area (Å²) in [5, 5.41) is 21.9. The smallest absolute Gasteiger partial charge is 0.342 e. The van der Waals surface area contributed by atoms with Gasteiger partial charge in [-0.25, -0.2) is 4.79 Å². The molecular formula is C9H9N3O5. The first-order valence-electron chi connectivity index (χ1n) is 4.45. The summed E-state index contributed by atoms with van der Waals surface area (Å²) in [6.45, 7) is -0.191. The van der Waals surface area contributed by atoms with Gasteiger partial charge in [-0.3, -0.25) is 14.9 Å². The molecular weight excluding hydrogens is 230 g/mol. The van der Waals surface area contributed by atoms with Gasteiger partial charge in [0.05, 0.1) is 11.5 Å². The number of hydrogen-bond donors (Lipinski definition) is 3. The molecule has 8 nitrogen and oxygen atoms in total. The minimum absolute atomic E-state index is 0.191. The van der Waals surface area contributed by atoms with E-state index >= 15 is 0 Å². The largest absolute Gasteiger partial charge is 0.477 e. The van der Waals surface area contributed by atoms with Crippen molar-refractivity contribution in [3.05, 3.63) is 33.9 Å². The van der Waals surface area contributed by atoms with Crippen molar-refractivity contribution < 1.29 is 19.6 Å². The summed E-state index contributed by atoms with van der Waals surface area (Å²) in [7, 11) is 0. The van der Waals surface area contributed by atoms with E-state index in [0.717, 1.165) is 12.1 Å². The first kappa shape index (κ1) is 12.4. The van der Waals surface area contributed by atoms with Gasteiger partial charge in [-0.2, -0.15) is 0 Å². The fourth-order valence-corrected chi connectivity index (χ4v) is 1.16. The van der Waals surface area contributed by atoms with Crippen molar-refractivity contribution >= 4 is 23.3 Å². The molecule has 1 aromatic carbocycles. The lowest BCUT2D eigenvalue weighted by Crippen LogP contribution is -2.21. The second-order valence-electron chi connectivity index (χ2n) is 3.11. The van der Waals surface area contributed by atoms with E-state index in [-0.39, 0.29) is 12.2 Å². The number of rotatable bonds is 5. The van der Waals surface area contributed by atoms with Gasteiger partial charge < -0.3 is 16.2 Å². The third-order valence-electron chi connectivity index (χ3n) is 1.89. The summed E-state index contributed by atoms with van der Waals surface area (Å²) in [4.78, 5) is 31.0. The van der Waals surface area contributed by atoms with Gasteiger partial charge in [-0.15, -0.1) is 0 Å². The number of carbonyl (C=O) groups is 2. The Balaban J connectivity index is 3.05. The van der Waals surface area contributed by atoms with Crippen LogP contribution in [0, 0.1) is 10.1 Å². The molecule has 1 amide bonds. The Hall–Kier alpha value is -2.64. The van der Waals surface area contributed by atoms with Crippen LogP contribution in [0.4, 0.5) is 11.4 Å². The quantitative estimate of drug-likeness (QED) is 0.495. The summed E-state index contributed by atoms with van der Waals surface area (Å²) in [6.07, 6.45) is 0. The Morgan fingerprint density at radius 3 is 2.59 bits per heavy atom.